The van der Waals surface area contributed by atoms with Crippen molar-refractivity contribution in [2.45, 2.75) is 26.7 Å². The summed E-state index contributed by atoms with van der Waals surface area (Å²) in [5.74, 6) is 1.24. The molecule has 1 N–H and O–H groups in total. The highest BCUT2D eigenvalue weighted by Crippen LogP contribution is 2.28. The summed E-state index contributed by atoms with van der Waals surface area (Å²) in [5.41, 5.74) is 2.11. The molecule has 19 heavy (non-hydrogen) atoms. The Kier molecular flexibility index (Phi) is 5.10. The second kappa shape index (κ2) is 6.82. The number of rotatable bonds is 6. The van der Waals surface area contributed by atoms with E-state index in [2.05, 4.69) is 38.4 Å². The minimum atomic E-state index is 0.570. The Morgan fingerprint density at radius 2 is 2.11 bits per heavy atom. The van der Waals surface area contributed by atoms with Gasteiger partial charge in [0.2, 0.25) is 11.8 Å². The monoisotopic (exact) mass is 323 g/mol. The van der Waals surface area contributed by atoms with Crippen molar-refractivity contribution < 1.29 is 4.42 Å². The molecule has 0 amide bonds. The lowest BCUT2D eigenvalue weighted by Gasteiger charge is -2.01. The van der Waals surface area contributed by atoms with E-state index in [1.54, 1.807) is 0 Å². The highest BCUT2D eigenvalue weighted by Gasteiger charge is 2.11. The summed E-state index contributed by atoms with van der Waals surface area (Å²) in [7, 11) is 0. The average Bonchev–Trinajstić information content (AvgIpc) is 2.86. The van der Waals surface area contributed by atoms with Crippen molar-refractivity contribution >= 4 is 15.9 Å². The Bertz CT molecular complexity index is 539. The molecule has 0 saturated carbocycles. The molecule has 1 aromatic heterocycles. The smallest absolute Gasteiger partial charge is 0.248 e. The van der Waals surface area contributed by atoms with Crippen molar-refractivity contribution in [3.05, 3.63) is 34.1 Å². The second-order valence-electron chi connectivity index (χ2n) is 4.48. The van der Waals surface area contributed by atoms with Gasteiger partial charge in [-0.1, -0.05) is 18.6 Å². The zero-order valence-corrected chi connectivity index (χ0v) is 12.8. The summed E-state index contributed by atoms with van der Waals surface area (Å²) in [6.07, 6.45) is 1.89. The second-order valence-corrected chi connectivity index (χ2v) is 5.34. The lowest BCUT2D eigenvalue weighted by Crippen LogP contribution is -2.17. The van der Waals surface area contributed by atoms with Crippen LogP contribution in [0.3, 0.4) is 0 Å². The first kappa shape index (κ1) is 14.2. The number of hydrogen-bond donors (Lipinski definition) is 1. The van der Waals surface area contributed by atoms with Crippen LogP contribution in [0.4, 0.5) is 0 Å². The third-order valence-corrected chi connectivity index (χ3v) is 3.45. The Labute approximate surface area is 121 Å². The van der Waals surface area contributed by atoms with Crippen LogP contribution in [0.1, 0.15) is 24.8 Å². The summed E-state index contributed by atoms with van der Waals surface area (Å²) in [5, 5.41) is 11.5. The van der Waals surface area contributed by atoms with E-state index in [0.29, 0.717) is 11.8 Å². The molecule has 2 rings (SSSR count). The minimum Gasteiger partial charge on any atom is -0.421 e. The molecular formula is C14H18BrN3O. The van der Waals surface area contributed by atoms with Gasteiger partial charge in [0.05, 0.1) is 5.56 Å². The molecule has 1 aromatic carbocycles. The van der Waals surface area contributed by atoms with Crippen molar-refractivity contribution in [2.24, 2.45) is 0 Å². The number of halogens is 1. The van der Waals surface area contributed by atoms with Crippen molar-refractivity contribution in [3.8, 4) is 11.5 Å². The highest BCUT2D eigenvalue weighted by molar-refractivity contribution is 9.10. The van der Waals surface area contributed by atoms with Gasteiger partial charge in [0.1, 0.15) is 0 Å². The van der Waals surface area contributed by atoms with Gasteiger partial charge in [-0.15, -0.1) is 10.2 Å². The zero-order valence-electron chi connectivity index (χ0n) is 11.2. The number of aryl methyl sites for hydroxylation is 1. The van der Waals surface area contributed by atoms with Crippen LogP contribution in [-0.2, 0) is 6.42 Å². The van der Waals surface area contributed by atoms with Crippen LogP contribution in [0.2, 0.25) is 0 Å². The maximum absolute atomic E-state index is 5.69. The molecule has 0 aliphatic heterocycles. The van der Waals surface area contributed by atoms with E-state index in [9.17, 15) is 0 Å². The van der Waals surface area contributed by atoms with Gasteiger partial charge >= 0.3 is 0 Å². The Hall–Kier alpha value is -1.20. The largest absolute Gasteiger partial charge is 0.421 e. The maximum Gasteiger partial charge on any atom is 0.248 e. The summed E-state index contributed by atoms with van der Waals surface area (Å²) >= 11 is 3.51. The molecule has 0 aliphatic rings. The first-order valence-corrected chi connectivity index (χ1v) is 7.29. The molecule has 0 bridgehead atoms. The van der Waals surface area contributed by atoms with E-state index in [1.165, 1.54) is 5.56 Å². The molecular weight excluding hydrogens is 306 g/mol. The first-order valence-electron chi connectivity index (χ1n) is 6.50. The SMILES string of the molecule is CCCNCCc1nnc(-c2cc(C)ccc2Br)o1. The van der Waals surface area contributed by atoms with E-state index in [4.69, 9.17) is 4.42 Å². The van der Waals surface area contributed by atoms with Crippen LogP contribution in [0.5, 0.6) is 0 Å². The van der Waals surface area contributed by atoms with Crippen LogP contribution >= 0.6 is 15.9 Å². The summed E-state index contributed by atoms with van der Waals surface area (Å²) < 4.78 is 6.66. The summed E-state index contributed by atoms with van der Waals surface area (Å²) in [6, 6.07) is 6.08. The maximum atomic E-state index is 5.69. The zero-order chi connectivity index (χ0) is 13.7. The molecule has 102 valence electrons. The van der Waals surface area contributed by atoms with Gasteiger partial charge in [-0.3, -0.25) is 0 Å². The third kappa shape index (κ3) is 3.88. The number of hydrogen-bond acceptors (Lipinski definition) is 4. The van der Waals surface area contributed by atoms with E-state index < -0.39 is 0 Å². The van der Waals surface area contributed by atoms with Crippen LogP contribution in [0, 0.1) is 6.92 Å². The molecule has 0 saturated heterocycles. The molecule has 0 unspecified atom stereocenters. The fourth-order valence-electron chi connectivity index (χ4n) is 1.76. The van der Waals surface area contributed by atoms with Gasteiger partial charge in [-0.05, 0) is 48.0 Å². The Morgan fingerprint density at radius 3 is 2.89 bits per heavy atom. The third-order valence-electron chi connectivity index (χ3n) is 2.76. The van der Waals surface area contributed by atoms with E-state index in [-0.39, 0.29) is 0 Å². The topological polar surface area (TPSA) is 51.0 Å². The van der Waals surface area contributed by atoms with Crippen LogP contribution in [-0.4, -0.2) is 23.3 Å². The first-order chi connectivity index (χ1) is 9.20. The quantitative estimate of drug-likeness (QED) is 0.828. The van der Waals surface area contributed by atoms with Gasteiger partial charge in [-0.25, -0.2) is 0 Å². The molecule has 0 radical (unpaired) electrons. The van der Waals surface area contributed by atoms with E-state index in [1.807, 2.05) is 25.1 Å². The molecule has 0 atom stereocenters. The van der Waals surface area contributed by atoms with Crippen LogP contribution in [0.25, 0.3) is 11.5 Å². The van der Waals surface area contributed by atoms with Crippen LogP contribution < -0.4 is 5.32 Å². The normalized spacial score (nSPS) is 10.9. The number of nitrogens with one attached hydrogen (secondary N) is 1. The standard InChI is InChI=1S/C14H18BrN3O/c1-3-7-16-8-6-13-17-18-14(19-13)11-9-10(2)4-5-12(11)15/h4-5,9,16H,3,6-8H2,1-2H3. The Morgan fingerprint density at radius 1 is 1.26 bits per heavy atom. The molecule has 0 aliphatic carbocycles. The van der Waals surface area contributed by atoms with Crippen molar-refractivity contribution in [2.75, 3.05) is 13.1 Å². The molecule has 2 aromatic rings. The lowest BCUT2D eigenvalue weighted by atomic mass is 10.1. The van der Waals surface area contributed by atoms with Gasteiger partial charge in [0.25, 0.3) is 0 Å². The van der Waals surface area contributed by atoms with Gasteiger partial charge in [-0.2, -0.15) is 0 Å². The average molecular weight is 324 g/mol. The molecule has 4 nitrogen and oxygen atoms in total. The van der Waals surface area contributed by atoms with Crippen LogP contribution in [0.15, 0.2) is 27.1 Å². The molecule has 5 heteroatoms. The predicted octanol–water partition coefficient (Wildman–Crippen LogP) is 3.35. The van der Waals surface area contributed by atoms with Gasteiger partial charge in [0.15, 0.2) is 0 Å². The van der Waals surface area contributed by atoms with Crippen molar-refractivity contribution in [1.82, 2.24) is 15.5 Å². The van der Waals surface area contributed by atoms with E-state index in [0.717, 1.165) is 36.0 Å². The fraction of sp³-hybridized carbons (Fsp3) is 0.429. The molecule has 0 fully saturated rings. The van der Waals surface area contributed by atoms with Gasteiger partial charge < -0.3 is 9.73 Å². The Balaban J connectivity index is 2.06. The number of nitrogens with zero attached hydrogens (tertiary/aromatic N) is 2. The summed E-state index contributed by atoms with van der Waals surface area (Å²) in [4.78, 5) is 0. The number of aromatic nitrogens is 2. The lowest BCUT2D eigenvalue weighted by molar-refractivity contribution is 0.494. The highest BCUT2D eigenvalue weighted by atomic mass is 79.9. The summed E-state index contributed by atoms with van der Waals surface area (Å²) in [6.45, 7) is 6.07. The van der Waals surface area contributed by atoms with E-state index >= 15 is 0 Å². The van der Waals surface area contributed by atoms with Gasteiger partial charge in [0, 0.05) is 17.4 Å². The molecule has 0 spiro atoms. The van der Waals surface area contributed by atoms with Crippen molar-refractivity contribution in [1.29, 1.82) is 0 Å². The fourth-order valence-corrected chi connectivity index (χ4v) is 2.18. The molecule has 1 heterocycles. The number of benzene rings is 1. The predicted molar refractivity (Wildman–Crippen MR) is 79.0 cm³/mol. The van der Waals surface area contributed by atoms with Crippen molar-refractivity contribution in [3.63, 3.8) is 0 Å². The minimum absolute atomic E-state index is 0.570.